The fourth-order valence-electron chi connectivity index (χ4n) is 3.25. The maximum Gasteiger partial charge on any atom is 0.234 e. The van der Waals surface area contributed by atoms with Crippen LogP contribution in [0, 0.1) is 0 Å². The fourth-order valence-corrected chi connectivity index (χ4v) is 3.25. The zero-order valence-electron chi connectivity index (χ0n) is 12.3. The smallest absolute Gasteiger partial charge is 0.234 e. The van der Waals surface area contributed by atoms with E-state index in [4.69, 9.17) is 14.0 Å². The van der Waals surface area contributed by atoms with Gasteiger partial charge in [0.25, 0.3) is 0 Å². The summed E-state index contributed by atoms with van der Waals surface area (Å²) in [6.07, 6.45) is 4.97. The number of aryl methyl sites for hydroxylation is 1. The summed E-state index contributed by atoms with van der Waals surface area (Å²) in [6.45, 7) is 0.252. The molecule has 2 aliphatic rings. The normalized spacial score (nSPS) is 18.9. The third-order valence-electron chi connectivity index (χ3n) is 4.42. The standard InChI is InChI=1S/C16H14N4O3/c1-2-10(11-7-17-19-12(11)3-1)16-18-15(20-23-16)9-4-5-13-14(6-9)22-8-21-13/h4-7,10H,1-3,8H2,(H,17,19). The molecular weight excluding hydrogens is 296 g/mol. The number of rotatable bonds is 2. The summed E-state index contributed by atoms with van der Waals surface area (Å²) < 4.78 is 16.3. The molecule has 7 heteroatoms. The van der Waals surface area contributed by atoms with Gasteiger partial charge in [0.1, 0.15) is 0 Å². The number of fused-ring (bicyclic) bond motifs is 2. The molecule has 1 N–H and O–H groups in total. The zero-order chi connectivity index (χ0) is 15.2. The van der Waals surface area contributed by atoms with Crippen molar-refractivity contribution >= 4 is 0 Å². The van der Waals surface area contributed by atoms with Gasteiger partial charge in [0.05, 0.1) is 12.1 Å². The highest BCUT2D eigenvalue weighted by atomic mass is 16.7. The number of benzene rings is 1. The van der Waals surface area contributed by atoms with Crippen LogP contribution in [-0.4, -0.2) is 27.1 Å². The first-order valence-electron chi connectivity index (χ1n) is 7.64. The van der Waals surface area contributed by atoms with Gasteiger partial charge in [0.15, 0.2) is 11.5 Å². The van der Waals surface area contributed by atoms with E-state index in [1.54, 1.807) is 0 Å². The Kier molecular flexibility index (Phi) is 2.67. The summed E-state index contributed by atoms with van der Waals surface area (Å²) in [6, 6.07) is 5.65. The van der Waals surface area contributed by atoms with Crippen molar-refractivity contribution in [1.29, 1.82) is 0 Å². The zero-order valence-corrected chi connectivity index (χ0v) is 12.3. The van der Waals surface area contributed by atoms with Crippen LogP contribution in [0.15, 0.2) is 28.9 Å². The molecule has 0 fully saturated rings. The second kappa shape index (κ2) is 4.84. The lowest BCUT2D eigenvalue weighted by Crippen LogP contribution is -2.10. The van der Waals surface area contributed by atoms with E-state index in [1.807, 2.05) is 24.4 Å². The summed E-state index contributed by atoms with van der Waals surface area (Å²) in [5.41, 5.74) is 3.19. The molecule has 1 atom stereocenters. The van der Waals surface area contributed by atoms with Crippen molar-refractivity contribution in [3.8, 4) is 22.9 Å². The highest BCUT2D eigenvalue weighted by molar-refractivity contribution is 5.61. The molecule has 0 bridgehead atoms. The minimum atomic E-state index is 0.118. The molecule has 7 nitrogen and oxygen atoms in total. The monoisotopic (exact) mass is 310 g/mol. The van der Waals surface area contributed by atoms with Gasteiger partial charge in [0.2, 0.25) is 18.5 Å². The Labute approximate surface area is 131 Å². The van der Waals surface area contributed by atoms with Gasteiger partial charge in [0, 0.05) is 16.8 Å². The van der Waals surface area contributed by atoms with Gasteiger partial charge in [-0.15, -0.1) is 0 Å². The predicted octanol–water partition coefficient (Wildman–Crippen LogP) is 2.66. The van der Waals surface area contributed by atoms with Crippen LogP contribution < -0.4 is 9.47 Å². The summed E-state index contributed by atoms with van der Waals surface area (Å²) >= 11 is 0. The minimum absolute atomic E-state index is 0.118. The molecule has 5 rings (SSSR count). The molecule has 116 valence electrons. The maximum absolute atomic E-state index is 5.53. The second-order valence-electron chi connectivity index (χ2n) is 5.77. The minimum Gasteiger partial charge on any atom is -0.454 e. The van der Waals surface area contributed by atoms with Gasteiger partial charge in [-0.3, -0.25) is 5.10 Å². The summed E-state index contributed by atoms with van der Waals surface area (Å²) in [5, 5.41) is 11.3. The average molecular weight is 310 g/mol. The highest BCUT2D eigenvalue weighted by Crippen LogP contribution is 2.37. The van der Waals surface area contributed by atoms with Gasteiger partial charge in [-0.2, -0.15) is 10.1 Å². The number of nitrogens with one attached hydrogen (secondary N) is 1. The van der Waals surface area contributed by atoms with E-state index >= 15 is 0 Å². The van der Waals surface area contributed by atoms with E-state index in [9.17, 15) is 0 Å². The first-order valence-corrected chi connectivity index (χ1v) is 7.64. The Bertz CT molecular complexity index is 870. The van der Waals surface area contributed by atoms with Crippen molar-refractivity contribution in [3.63, 3.8) is 0 Å². The molecule has 3 heterocycles. The van der Waals surface area contributed by atoms with Gasteiger partial charge in [-0.05, 0) is 37.5 Å². The van der Waals surface area contributed by atoms with Crippen LogP contribution in [0.3, 0.4) is 0 Å². The van der Waals surface area contributed by atoms with E-state index < -0.39 is 0 Å². The number of aromatic amines is 1. The van der Waals surface area contributed by atoms with Gasteiger partial charge in [-0.1, -0.05) is 5.16 Å². The van der Waals surface area contributed by atoms with Crippen molar-refractivity contribution in [3.05, 3.63) is 41.5 Å². The Morgan fingerprint density at radius 1 is 1.17 bits per heavy atom. The maximum atomic E-state index is 5.53. The third kappa shape index (κ3) is 2.00. The molecule has 0 saturated heterocycles. The summed E-state index contributed by atoms with van der Waals surface area (Å²) in [4.78, 5) is 4.59. The average Bonchev–Trinajstić information content (AvgIpc) is 3.32. The van der Waals surface area contributed by atoms with E-state index in [0.717, 1.165) is 36.1 Å². The quantitative estimate of drug-likeness (QED) is 0.783. The molecule has 0 radical (unpaired) electrons. The molecule has 0 amide bonds. The first-order chi connectivity index (χ1) is 11.4. The second-order valence-corrected chi connectivity index (χ2v) is 5.77. The largest absolute Gasteiger partial charge is 0.454 e. The molecule has 1 unspecified atom stereocenters. The summed E-state index contributed by atoms with van der Waals surface area (Å²) in [5.74, 6) is 2.78. The number of ether oxygens (including phenoxy) is 2. The Hall–Kier alpha value is -2.83. The molecule has 23 heavy (non-hydrogen) atoms. The van der Waals surface area contributed by atoms with Crippen molar-refractivity contribution < 1.29 is 14.0 Å². The van der Waals surface area contributed by atoms with Gasteiger partial charge < -0.3 is 14.0 Å². The molecule has 1 aromatic carbocycles. The number of hydrogen-bond acceptors (Lipinski definition) is 6. The lowest BCUT2D eigenvalue weighted by Gasteiger charge is -2.17. The van der Waals surface area contributed by atoms with Gasteiger partial charge >= 0.3 is 0 Å². The number of aromatic nitrogens is 4. The molecule has 1 aliphatic heterocycles. The van der Waals surface area contributed by atoms with E-state index in [-0.39, 0.29) is 12.7 Å². The van der Waals surface area contributed by atoms with Crippen LogP contribution in [0.2, 0.25) is 0 Å². The van der Waals surface area contributed by atoms with Crippen LogP contribution in [0.5, 0.6) is 11.5 Å². The topological polar surface area (TPSA) is 86.1 Å². The number of H-pyrrole nitrogens is 1. The van der Waals surface area contributed by atoms with E-state index in [2.05, 4.69) is 20.3 Å². The Morgan fingerprint density at radius 3 is 3.13 bits per heavy atom. The Balaban J connectivity index is 1.50. The predicted molar refractivity (Wildman–Crippen MR) is 79.2 cm³/mol. The van der Waals surface area contributed by atoms with Crippen LogP contribution in [0.25, 0.3) is 11.4 Å². The van der Waals surface area contributed by atoms with E-state index in [0.29, 0.717) is 17.5 Å². The van der Waals surface area contributed by atoms with Crippen molar-refractivity contribution in [2.45, 2.75) is 25.2 Å². The van der Waals surface area contributed by atoms with Crippen LogP contribution in [-0.2, 0) is 6.42 Å². The van der Waals surface area contributed by atoms with Crippen LogP contribution in [0.1, 0.15) is 35.9 Å². The third-order valence-corrected chi connectivity index (χ3v) is 4.42. The first kappa shape index (κ1) is 12.7. The van der Waals surface area contributed by atoms with Crippen molar-refractivity contribution in [2.75, 3.05) is 6.79 Å². The SMILES string of the molecule is c1cc2c(cc1-c1noc(C3CCCc4[nH]ncc43)n1)OCO2. The molecule has 1 aliphatic carbocycles. The molecule has 0 saturated carbocycles. The lowest BCUT2D eigenvalue weighted by atomic mass is 9.87. The van der Waals surface area contributed by atoms with E-state index in [1.165, 1.54) is 5.69 Å². The van der Waals surface area contributed by atoms with Crippen LogP contribution >= 0.6 is 0 Å². The molecule has 3 aromatic rings. The summed E-state index contributed by atoms with van der Waals surface area (Å²) in [7, 11) is 0. The molecule has 2 aromatic heterocycles. The highest BCUT2D eigenvalue weighted by Gasteiger charge is 2.28. The Morgan fingerprint density at radius 2 is 2.13 bits per heavy atom. The molecule has 0 spiro atoms. The van der Waals surface area contributed by atoms with Crippen molar-refractivity contribution in [1.82, 2.24) is 20.3 Å². The van der Waals surface area contributed by atoms with Crippen LogP contribution in [0.4, 0.5) is 0 Å². The lowest BCUT2D eigenvalue weighted by molar-refractivity contribution is 0.174. The van der Waals surface area contributed by atoms with Gasteiger partial charge in [-0.25, -0.2) is 0 Å². The number of nitrogens with zero attached hydrogens (tertiary/aromatic N) is 3. The molecular formula is C16H14N4O3. The van der Waals surface area contributed by atoms with Crippen molar-refractivity contribution in [2.24, 2.45) is 0 Å². The number of hydrogen-bond donors (Lipinski definition) is 1. The fraction of sp³-hybridized carbons (Fsp3) is 0.312.